The van der Waals surface area contributed by atoms with Gasteiger partial charge in [-0.05, 0) is 30.7 Å². The van der Waals surface area contributed by atoms with Gasteiger partial charge in [-0.1, -0.05) is 15.9 Å². The van der Waals surface area contributed by atoms with E-state index < -0.39 is 5.97 Å². The van der Waals surface area contributed by atoms with Gasteiger partial charge in [-0.2, -0.15) is 0 Å². The van der Waals surface area contributed by atoms with Gasteiger partial charge in [0.1, 0.15) is 5.82 Å². The van der Waals surface area contributed by atoms with Crippen molar-refractivity contribution >= 4 is 27.5 Å². The number of hydrogen-bond donors (Lipinski definition) is 0. The zero-order valence-corrected chi connectivity index (χ0v) is 9.97. The summed E-state index contributed by atoms with van der Waals surface area (Å²) < 4.78 is 18.6. The van der Waals surface area contributed by atoms with Crippen LogP contribution in [0.5, 0.6) is 0 Å². The standard InChI is InChI=1S/C11H10BrFO2/c1-7(5-11(14)15-2)9-6-8(12)3-4-10(9)13/h3-6H,1-2H3/b7-5-. The van der Waals surface area contributed by atoms with Crippen LogP contribution in [0.1, 0.15) is 12.5 Å². The summed E-state index contributed by atoms with van der Waals surface area (Å²) in [4.78, 5) is 11.0. The number of halogens is 2. The first-order valence-electron chi connectivity index (χ1n) is 4.26. The van der Waals surface area contributed by atoms with E-state index in [1.807, 2.05) is 0 Å². The van der Waals surface area contributed by atoms with Crippen molar-refractivity contribution in [1.29, 1.82) is 0 Å². The first-order chi connectivity index (χ1) is 7.04. The molecule has 0 saturated heterocycles. The lowest BCUT2D eigenvalue weighted by molar-refractivity contribution is -0.134. The van der Waals surface area contributed by atoms with Gasteiger partial charge in [0.2, 0.25) is 0 Å². The Morgan fingerprint density at radius 3 is 2.80 bits per heavy atom. The number of allylic oxidation sites excluding steroid dienone is 1. The maximum absolute atomic E-state index is 13.4. The van der Waals surface area contributed by atoms with Crippen LogP contribution in [0.4, 0.5) is 4.39 Å². The maximum atomic E-state index is 13.4. The minimum Gasteiger partial charge on any atom is -0.466 e. The van der Waals surface area contributed by atoms with Gasteiger partial charge in [0.25, 0.3) is 0 Å². The van der Waals surface area contributed by atoms with Gasteiger partial charge < -0.3 is 4.74 Å². The van der Waals surface area contributed by atoms with E-state index in [1.165, 1.54) is 19.3 Å². The Morgan fingerprint density at radius 2 is 2.20 bits per heavy atom. The molecule has 0 amide bonds. The summed E-state index contributed by atoms with van der Waals surface area (Å²) >= 11 is 3.24. The van der Waals surface area contributed by atoms with E-state index in [0.717, 1.165) is 4.47 Å². The summed E-state index contributed by atoms with van der Waals surface area (Å²) in [7, 11) is 1.28. The lowest BCUT2D eigenvalue weighted by atomic mass is 10.1. The Balaban J connectivity index is 3.10. The van der Waals surface area contributed by atoms with Crippen molar-refractivity contribution in [2.45, 2.75) is 6.92 Å². The number of benzene rings is 1. The molecule has 0 aliphatic rings. The second-order valence-corrected chi connectivity index (χ2v) is 3.89. The van der Waals surface area contributed by atoms with Crippen LogP contribution in [0, 0.1) is 5.82 Å². The Kier molecular flexibility index (Phi) is 4.03. The summed E-state index contributed by atoms with van der Waals surface area (Å²) in [5.41, 5.74) is 0.912. The quantitative estimate of drug-likeness (QED) is 0.611. The molecular weight excluding hydrogens is 263 g/mol. The van der Waals surface area contributed by atoms with E-state index in [0.29, 0.717) is 11.1 Å². The highest BCUT2D eigenvalue weighted by Crippen LogP contribution is 2.22. The molecule has 0 saturated carbocycles. The third kappa shape index (κ3) is 3.16. The fraction of sp³-hybridized carbons (Fsp3) is 0.182. The van der Waals surface area contributed by atoms with E-state index in [9.17, 15) is 9.18 Å². The smallest absolute Gasteiger partial charge is 0.330 e. The van der Waals surface area contributed by atoms with Crippen LogP contribution in [-0.4, -0.2) is 13.1 Å². The molecule has 0 spiro atoms. The zero-order valence-electron chi connectivity index (χ0n) is 8.38. The molecule has 2 nitrogen and oxygen atoms in total. The molecule has 1 aromatic rings. The fourth-order valence-corrected chi connectivity index (χ4v) is 1.47. The largest absolute Gasteiger partial charge is 0.466 e. The number of ether oxygens (including phenoxy) is 1. The van der Waals surface area contributed by atoms with Crippen molar-refractivity contribution in [3.05, 3.63) is 40.1 Å². The van der Waals surface area contributed by atoms with Gasteiger partial charge in [-0.3, -0.25) is 0 Å². The molecule has 80 valence electrons. The topological polar surface area (TPSA) is 26.3 Å². The molecule has 0 unspecified atom stereocenters. The Labute approximate surface area is 95.9 Å². The van der Waals surface area contributed by atoms with Crippen LogP contribution in [0.2, 0.25) is 0 Å². The lowest BCUT2D eigenvalue weighted by Crippen LogP contribution is -1.97. The van der Waals surface area contributed by atoms with Crippen molar-refractivity contribution in [3.8, 4) is 0 Å². The summed E-state index contributed by atoms with van der Waals surface area (Å²) in [5.74, 6) is -0.859. The van der Waals surface area contributed by atoms with E-state index in [4.69, 9.17) is 0 Å². The van der Waals surface area contributed by atoms with Crippen LogP contribution in [0.25, 0.3) is 5.57 Å². The van der Waals surface area contributed by atoms with Crippen LogP contribution in [0.15, 0.2) is 28.7 Å². The van der Waals surface area contributed by atoms with Crippen molar-refractivity contribution < 1.29 is 13.9 Å². The summed E-state index contributed by atoms with van der Waals surface area (Å²) in [6.45, 7) is 1.65. The average Bonchev–Trinajstić information content (AvgIpc) is 2.21. The second kappa shape index (κ2) is 5.07. The molecule has 0 bridgehead atoms. The highest BCUT2D eigenvalue weighted by atomic mass is 79.9. The highest BCUT2D eigenvalue weighted by molar-refractivity contribution is 9.10. The molecule has 1 aromatic carbocycles. The van der Waals surface area contributed by atoms with Gasteiger partial charge in [-0.25, -0.2) is 9.18 Å². The van der Waals surface area contributed by atoms with Crippen LogP contribution in [0.3, 0.4) is 0 Å². The van der Waals surface area contributed by atoms with Gasteiger partial charge in [0.05, 0.1) is 7.11 Å². The van der Waals surface area contributed by atoms with E-state index in [-0.39, 0.29) is 5.82 Å². The highest BCUT2D eigenvalue weighted by Gasteiger charge is 2.06. The predicted molar refractivity (Wildman–Crippen MR) is 59.8 cm³/mol. The molecule has 0 radical (unpaired) electrons. The molecule has 4 heteroatoms. The molecular formula is C11H10BrFO2. The zero-order chi connectivity index (χ0) is 11.4. The van der Waals surface area contributed by atoms with Crippen molar-refractivity contribution in [2.75, 3.05) is 7.11 Å². The Morgan fingerprint density at radius 1 is 1.53 bits per heavy atom. The molecule has 0 heterocycles. The number of carbonyl (C=O) groups excluding carboxylic acids is 1. The maximum Gasteiger partial charge on any atom is 0.330 e. The molecule has 0 aromatic heterocycles. The van der Waals surface area contributed by atoms with Gasteiger partial charge in [0.15, 0.2) is 0 Å². The van der Waals surface area contributed by atoms with Crippen molar-refractivity contribution in [2.24, 2.45) is 0 Å². The number of hydrogen-bond acceptors (Lipinski definition) is 2. The van der Waals surface area contributed by atoms with E-state index >= 15 is 0 Å². The van der Waals surface area contributed by atoms with Crippen LogP contribution in [-0.2, 0) is 9.53 Å². The van der Waals surface area contributed by atoms with Gasteiger partial charge in [0, 0.05) is 16.1 Å². The molecule has 15 heavy (non-hydrogen) atoms. The SMILES string of the molecule is COC(=O)/C=C(/C)c1cc(Br)ccc1F. The summed E-state index contributed by atoms with van der Waals surface area (Å²) in [6, 6.07) is 4.56. The number of esters is 1. The first kappa shape index (κ1) is 11.9. The van der Waals surface area contributed by atoms with Gasteiger partial charge in [-0.15, -0.1) is 0 Å². The molecule has 0 fully saturated rings. The van der Waals surface area contributed by atoms with Crippen molar-refractivity contribution in [3.63, 3.8) is 0 Å². The monoisotopic (exact) mass is 272 g/mol. The van der Waals surface area contributed by atoms with Crippen LogP contribution < -0.4 is 0 Å². The minimum atomic E-state index is -0.494. The molecule has 0 N–H and O–H groups in total. The molecule has 0 aliphatic carbocycles. The number of rotatable bonds is 2. The van der Waals surface area contributed by atoms with E-state index in [2.05, 4.69) is 20.7 Å². The minimum absolute atomic E-state index is 0.365. The first-order valence-corrected chi connectivity index (χ1v) is 5.05. The fourth-order valence-electron chi connectivity index (χ4n) is 1.11. The summed E-state index contributed by atoms with van der Waals surface area (Å²) in [6.07, 6.45) is 1.25. The number of methoxy groups -OCH3 is 1. The predicted octanol–water partition coefficient (Wildman–Crippen LogP) is 3.16. The van der Waals surface area contributed by atoms with E-state index in [1.54, 1.807) is 19.1 Å². The second-order valence-electron chi connectivity index (χ2n) is 2.97. The normalized spacial score (nSPS) is 11.3. The van der Waals surface area contributed by atoms with Crippen LogP contribution >= 0.6 is 15.9 Å². The Bertz CT molecular complexity index is 413. The number of carbonyl (C=O) groups is 1. The molecule has 0 aliphatic heterocycles. The van der Waals surface area contributed by atoms with Gasteiger partial charge >= 0.3 is 5.97 Å². The lowest BCUT2D eigenvalue weighted by Gasteiger charge is -2.03. The third-order valence-corrected chi connectivity index (χ3v) is 2.38. The van der Waals surface area contributed by atoms with Crippen molar-refractivity contribution in [1.82, 2.24) is 0 Å². The molecule has 0 atom stereocenters. The molecule has 1 rings (SSSR count). The summed E-state index contributed by atoms with van der Waals surface area (Å²) in [5, 5.41) is 0. The Hall–Kier alpha value is -1.16. The third-order valence-electron chi connectivity index (χ3n) is 1.89. The average molecular weight is 273 g/mol.